The molecule has 0 radical (unpaired) electrons. The van der Waals surface area contributed by atoms with Crippen molar-refractivity contribution in [1.29, 1.82) is 0 Å². The molecule has 1 unspecified atom stereocenters. The molecule has 10 aliphatic rings. The van der Waals surface area contributed by atoms with Crippen molar-refractivity contribution in [1.82, 2.24) is 23.7 Å². The van der Waals surface area contributed by atoms with E-state index < -0.39 is 98.1 Å². The Morgan fingerprint density at radius 1 is 0.481 bits per heavy atom. The van der Waals surface area contributed by atoms with E-state index in [0.29, 0.717) is 46.2 Å². The van der Waals surface area contributed by atoms with Gasteiger partial charge in [-0.1, -0.05) is 131 Å². The summed E-state index contributed by atoms with van der Waals surface area (Å²) in [6.07, 6.45) is 11.2. The number of esters is 4. The van der Waals surface area contributed by atoms with E-state index in [2.05, 4.69) is 29.8 Å². The van der Waals surface area contributed by atoms with Crippen LogP contribution in [0, 0.1) is 23.7 Å². The molecule has 2 aliphatic carbocycles. The van der Waals surface area contributed by atoms with E-state index in [-0.39, 0.29) is 210 Å². The quantitative estimate of drug-likeness (QED) is 0.0195. The molecule has 8 atom stereocenters. The number of hydrogen-bond acceptors (Lipinski definition) is 25. The summed E-state index contributed by atoms with van der Waals surface area (Å²) >= 11 is 27.9. The number of alkyl halides is 4. The number of H-pyrrole nitrogens is 2. The number of nitrogens with one attached hydrogen (secondary N) is 3. The van der Waals surface area contributed by atoms with Crippen molar-refractivity contribution in [3.8, 4) is 23.0 Å². The molecule has 2 saturated carbocycles. The van der Waals surface area contributed by atoms with Crippen LogP contribution >= 0.6 is 124 Å². The van der Waals surface area contributed by atoms with Crippen LogP contribution in [0.3, 0.4) is 0 Å². The van der Waals surface area contributed by atoms with Gasteiger partial charge in [0.15, 0.2) is 64.6 Å². The Hall–Kier alpha value is -7.76. The van der Waals surface area contributed by atoms with Gasteiger partial charge < -0.3 is 65.0 Å². The predicted molar refractivity (Wildman–Crippen MR) is 507 cm³/mol. The topological polar surface area (TPSA) is 404 Å². The van der Waals surface area contributed by atoms with E-state index in [1.54, 1.807) is 30.3 Å². The molecule has 0 spiro atoms. The molecule has 4 bridgehead atoms. The number of piperidine rings is 6. The first-order valence-corrected chi connectivity index (χ1v) is 47.7. The molecule has 8 aliphatic heterocycles. The van der Waals surface area contributed by atoms with Crippen LogP contribution in [-0.4, -0.2) is 200 Å². The summed E-state index contributed by atoms with van der Waals surface area (Å²) in [5, 5.41) is 10.4. The van der Waals surface area contributed by atoms with Gasteiger partial charge in [0.05, 0.1) is 28.6 Å². The lowest BCUT2D eigenvalue weighted by Crippen LogP contribution is -2.52. The number of carbonyl (C=O) groups excluding carboxylic acids is 5. The number of sulfonamides is 2. The van der Waals surface area contributed by atoms with Crippen molar-refractivity contribution in [2.24, 2.45) is 29.4 Å². The molecule has 10 heterocycles. The molecule has 45 heteroatoms. The van der Waals surface area contributed by atoms with E-state index in [1.807, 2.05) is 30.3 Å². The molecule has 133 heavy (non-hydrogen) atoms. The third-order valence-corrected chi connectivity index (χ3v) is 30.7. The molecule has 10 fully saturated rings. The second-order valence-corrected chi connectivity index (χ2v) is 39.5. The molecule has 8 N–H and O–H groups in total. The number of hydrogen-bond donors (Lipinski definition) is 3. The highest BCUT2D eigenvalue weighted by atomic mass is 35.5. The van der Waals surface area contributed by atoms with Gasteiger partial charge in [-0.15, -0.1) is 23.5 Å². The Morgan fingerprint density at radius 3 is 1.26 bits per heavy atom. The fourth-order valence-electron chi connectivity index (χ4n) is 15.7. The molecule has 6 aromatic carbocycles. The van der Waals surface area contributed by atoms with E-state index in [9.17, 15) is 68.3 Å². The number of fused-ring (bicyclic) bond motifs is 6. The molecule has 29 nitrogen and oxygen atoms in total. The van der Waals surface area contributed by atoms with Crippen LogP contribution in [0.4, 0.5) is 17.6 Å². The number of aromatic nitrogens is 2. The van der Waals surface area contributed by atoms with E-state index in [1.165, 1.54) is 104 Å². The number of carboxylic acid groups (broad SMARTS) is 1. The number of ether oxygens (including phenoxy) is 8. The molecule has 8 aromatic rings. The zero-order valence-corrected chi connectivity index (χ0v) is 81.3. The number of benzene rings is 6. The SMILES string of the molecule is N[C@H](C(=O)O[C@H]1CN2CCC1CC2)c1ccccc1.O=C(NC(C(=O)O[C@H]1CN2CCC1CC2)c1ccccc1)c1cccc(S(=O)(=O)N2CCS[C@H]2C(=O)O[C@@H](Cc2c(Cl)c[nH+]cc2Cl)c2ccc(OC(F)F)c(OCC3CC3)c2)c1.O=C(O)c1cccc(S(=O)(=O)N2CCS[C@H]2C(=O)O[C@@H](Cc2c(Cl)c[nH+]cc2Cl)c2ccc(OC(F)F)c(OCC3CC3)c2)c1.S.S.S.S.[OH-].[OH-]. The number of pyridine rings is 2. The average Bonchev–Trinajstić information content (AvgIpc) is 1.70. The van der Waals surface area contributed by atoms with Crippen LogP contribution in [0.5, 0.6) is 23.0 Å². The average molecular weight is 2080 g/mol. The number of aromatic carboxylic acids is 1. The summed E-state index contributed by atoms with van der Waals surface area (Å²) in [4.78, 5) is 88.7. The van der Waals surface area contributed by atoms with Gasteiger partial charge in [0.2, 0.25) is 20.0 Å². The number of rotatable bonds is 33. The second kappa shape index (κ2) is 50.5. The zero-order valence-electron chi connectivity index (χ0n) is 71.0. The van der Waals surface area contributed by atoms with Crippen molar-refractivity contribution >= 4 is 180 Å². The number of amides is 1. The standard InChI is InChI=1S/C44H44Cl2F2N4O9S2.C29H26Cl2F2N2O8S2.C15H20N2O2.2H2O.4H2S/c45-33-22-49-23-34(46)32(33)21-36(29-11-12-35(61-44(47)48)37(20-29)58-25-26-9-10-26)59-43(55)41-52(17-18-62-41)63(56,57)31-8-4-7-30(19-31)40(53)50-39(28-5-2-1-3-6-28)42(54)60-38-24-51-15-13-27(38)14-16-51;30-21-13-34-14-22(31)20(21)12-24(17-6-7-23(43-29(32)33)25(11-17)41-15-16-4-5-16)42-28(38)26-35(8-9-44-26)45(39,40)19-3-1-2-18(10-19)27(36)37;16-14(12-4-2-1-3-5-12)15(18)19-13-10-17-8-6-11(13)7-9-17;;;;;;/h1-8,11-12,19-20,22-23,26-27,36,38-39,41,44H,9-10,13-18,21,24-25H2,(H,50,53);1-3,6-7,10-11,13-14,16,24,26,29H,4-5,8-9,12,15H2,(H,36,37);1-5,11,13-14H,6-10,16H2;6*1H2/t36-,38-,39?,41-;24-,26-;13-,14-;;;;;;/m000....../s1. The fourth-order valence-corrected chi connectivity index (χ4v) is 23.0. The van der Waals surface area contributed by atoms with Crippen molar-refractivity contribution in [3.05, 3.63) is 235 Å². The molecular weight excluding hydrogens is 1980 g/mol. The van der Waals surface area contributed by atoms with Gasteiger partial charge in [0.25, 0.3) is 5.91 Å². The minimum atomic E-state index is -4.43. The van der Waals surface area contributed by atoms with Gasteiger partial charge >= 0.3 is 43.1 Å². The number of halogens is 8. The molecule has 18 rings (SSSR count). The van der Waals surface area contributed by atoms with Crippen molar-refractivity contribution in [2.75, 3.05) is 77.1 Å². The summed E-state index contributed by atoms with van der Waals surface area (Å²) < 4.78 is 156. The van der Waals surface area contributed by atoms with E-state index in [4.69, 9.17) is 85.3 Å². The van der Waals surface area contributed by atoms with Gasteiger partial charge in [-0.25, -0.2) is 50.8 Å². The lowest BCUT2D eigenvalue weighted by atomic mass is 9.86. The Bertz CT molecular complexity index is 5490. The molecule has 2 aromatic heterocycles. The molecule has 724 valence electrons. The molecular formula is C88H102Cl4F4N8O21S8. The van der Waals surface area contributed by atoms with Crippen LogP contribution in [0.2, 0.25) is 20.1 Å². The highest BCUT2D eigenvalue weighted by Gasteiger charge is 2.46. The normalized spacial score (nSPS) is 20.8. The summed E-state index contributed by atoms with van der Waals surface area (Å²) in [6, 6.07) is 34.8. The Morgan fingerprint density at radius 2 is 0.872 bits per heavy atom. The summed E-state index contributed by atoms with van der Waals surface area (Å²) in [5.41, 5.74) is 8.50. The van der Waals surface area contributed by atoms with Gasteiger partial charge in [-0.3, -0.25) is 14.6 Å². The fraction of sp³-hybridized carbons (Fsp3) is 0.409. The predicted octanol–water partition coefficient (Wildman–Crippen LogP) is 13.8. The first-order valence-electron chi connectivity index (χ1n) is 41.3. The summed E-state index contributed by atoms with van der Waals surface area (Å²) in [7, 11) is -8.74. The summed E-state index contributed by atoms with van der Waals surface area (Å²) in [5.74, 6) is -3.23. The maximum absolute atomic E-state index is 14.4. The van der Waals surface area contributed by atoms with Crippen LogP contribution < -0.4 is 40.0 Å². The van der Waals surface area contributed by atoms with Crippen LogP contribution in [0.15, 0.2) is 180 Å². The highest BCUT2D eigenvalue weighted by Crippen LogP contribution is 2.44. The smallest absolute Gasteiger partial charge is 0.387 e. The second-order valence-electron chi connectivity index (χ2n) is 31.7. The van der Waals surface area contributed by atoms with Crippen LogP contribution in [0.1, 0.15) is 130 Å². The minimum Gasteiger partial charge on any atom is -0.870 e. The maximum atomic E-state index is 14.4. The van der Waals surface area contributed by atoms with Crippen molar-refractivity contribution in [3.63, 3.8) is 0 Å². The van der Waals surface area contributed by atoms with E-state index >= 15 is 0 Å². The first-order chi connectivity index (χ1) is 61.0. The highest BCUT2D eigenvalue weighted by molar-refractivity contribution is 8.02. The number of aromatic amines is 2. The maximum Gasteiger partial charge on any atom is 0.387 e. The molecule has 8 saturated heterocycles. The largest absolute Gasteiger partial charge is 0.870 e. The van der Waals surface area contributed by atoms with Gasteiger partial charge in [0, 0.05) is 67.2 Å². The third-order valence-electron chi connectivity index (χ3n) is 23.0. The van der Waals surface area contributed by atoms with Crippen LogP contribution in [-0.2, 0) is 71.0 Å². The number of nitrogens with two attached hydrogens (primary N) is 1. The Labute approximate surface area is 823 Å². The number of thioether (sulfide) groups is 2. The van der Waals surface area contributed by atoms with Crippen LogP contribution in [0.25, 0.3) is 0 Å². The lowest BCUT2D eigenvalue weighted by molar-refractivity contribution is -0.378. The first kappa shape index (κ1) is 111. The van der Waals surface area contributed by atoms with Crippen molar-refractivity contribution in [2.45, 2.75) is 134 Å². The van der Waals surface area contributed by atoms with Gasteiger partial charge in [-0.2, -0.15) is 80.2 Å². The van der Waals surface area contributed by atoms with Gasteiger partial charge in [-0.05, 0) is 184 Å². The van der Waals surface area contributed by atoms with Gasteiger partial charge in [0.1, 0.15) is 50.5 Å². The van der Waals surface area contributed by atoms with Crippen molar-refractivity contribution < 1.29 is 127 Å². The monoisotopic (exact) mass is 2080 g/mol. The molecule has 1 amide bonds. The number of carbonyl (C=O) groups is 6. The summed E-state index contributed by atoms with van der Waals surface area (Å²) in [6.45, 7) is -0.0400. The third kappa shape index (κ3) is 28.7. The van der Waals surface area contributed by atoms with E-state index in [0.717, 1.165) is 128 Å². The lowest BCUT2D eigenvalue weighted by Gasteiger charge is -2.44. The minimum absolute atomic E-state index is 0. The zero-order chi connectivity index (χ0) is 89.8. The number of carboxylic acids is 1. The number of nitrogens with zero attached hydrogens (tertiary/aromatic N) is 4. The Kier molecular flexibility index (Phi) is 42.0. The Balaban J connectivity index is 0.000000271.